The summed E-state index contributed by atoms with van der Waals surface area (Å²) in [4.78, 5) is 45.9. The molecule has 13 heteroatoms. The molecular weight excluding hydrogens is 567 g/mol. The smallest absolute Gasteiger partial charge is 0.416 e. The van der Waals surface area contributed by atoms with E-state index in [0.717, 1.165) is 35.2 Å². The van der Waals surface area contributed by atoms with Crippen LogP contribution in [0.4, 0.5) is 23.7 Å². The number of fused-ring (bicyclic) bond motifs is 1. The van der Waals surface area contributed by atoms with Gasteiger partial charge in [-0.15, -0.1) is 0 Å². The highest BCUT2D eigenvalue weighted by atomic mass is 19.4. The van der Waals surface area contributed by atoms with Crippen molar-refractivity contribution in [2.24, 2.45) is 7.05 Å². The fourth-order valence-electron chi connectivity index (χ4n) is 5.04. The molecule has 43 heavy (non-hydrogen) atoms. The Balaban J connectivity index is 1.27. The van der Waals surface area contributed by atoms with Gasteiger partial charge in [-0.1, -0.05) is 0 Å². The van der Waals surface area contributed by atoms with E-state index >= 15 is 0 Å². The summed E-state index contributed by atoms with van der Waals surface area (Å²) >= 11 is 0. The number of aryl methyl sites for hydroxylation is 1. The first-order valence-electron chi connectivity index (χ1n) is 13.3. The fourth-order valence-corrected chi connectivity index (χ4v) is 5.04. The third-order valence-corrected chi connectivity index (χ3v) is 7.49. The van der Waals surface area contributed by atoms with Crippen molar-refractivity contribution in [1.82, 2.24) is 19.4 Å². The number of piperazine rings is 1. The van der Waals surface area contributed by atoms with Crippen LogP contribution in [0, 0.1) is 0 Å². The molecule has 2 aromatic heterocycles. The first-order valence-corrected chi connectivity index (χ1v) is 13.3. The van der Waals surface area contributed by atoms with Crippen molar-refractivity contribution in [2.75, 3.05) is 31.6 Å². The number of ether oxygens (including phenoxy) is 1. The third kappa shape index (κ3) is 5.96. The molecule has 5 rings (SSSR count). The maximum Gasteiger partial charge on any atom is 0.416 e. The van der Waals surface area contributed by atoms with Crippen LogP contribution in [0.15, 0.2) is 66.9 Å². The van der Waals surface area contributed by atoms with Gasteiger partial charge in [-0.05, 0) is 61.5 Å². The van der Waals surface area contributed by atoms with Crippen LogP contribution in [0.25, 0.3) is 10.9 Å². The predicted octanol–water partition coefficient (Wildman–Crippen LogP) is 5.49. The minimum atomic E-state index is -4.49. The monoisotopic (exact) mass is 595 g/mol. The number of rotatable bonds is 5. The van der Waals surface area contributed by atoms with Crippen LogP contribution in [0.1, 0.15) is 33.3 Å². The van der Waals surface area contributed by atoms with Gasteiger partial charge in [-0.2, -0.15) is 13.2 Å². The van der Waals surface area contributed by atoms with Crippen molar-refractivity contribution < 1.29 is 37.4 Å². The maximum absolute atomic E-state index is 13.4. The second kappa shape index (κ2) is 11.3. The molecule has 0 unspecified atom stereocenters. The Morgan fingerprint density at radius 3 is 2.35 bits per heavy atom. The summed E-state index contributed by atoms with van der Waals surface area (Å²) < 4.78 is 46.2. The number of carbonyl (C=O) groups is 3. The molecule has 0 aliphatic carbocycles. The highest BCUT2D eigenvalue weighted by Gasteiger charge is 2.32. The van der Waals surface area contributed by atoms with Gasteiger partial charge in [0.1, 0.15) is 11.4 Å². The van der Waals surface area contributed by atoms with Gasteiger partial charge in [0.15, 0.2) is 0 Å². The Kier molecular flexibility index (Phi) is 7.74. The minimum Gasteiger partial charge on any atom is -0.465 e. The Hall–Kier alpha value is -5.07. The first-order chi connectivity index (χ1) is 20.3. The molecule has 0 bridgehead atoms. The summed E-state index contributed by atoms with van der Waals surface area (Å²) in [6.45, 7) is 2.61. The van der Waals surface area contributed by atoms with Crippen LogP contribution >= 0.6 is 0 Å². The van der Waals surface area contributed by atoms with Gasteiger partial charge in [0.25, 0.3) is 11.8 Å². The summed E-state index contributed by atoms with van der Waals surface area (Å²) in [7, 11) is 3.28. The van der Waals surface area contributed by atoms with Crippen molar-refractivity contribution in [2.45, 2.75) is 19.1 Å². The summed E-state index contributed by atoms with van der Waals surface area (Å²) in [6, 6.07) is 14.0. The molecule has 3 heterocycles. The van der Waals surface area contributed by atoms with Crippen LogP contribution in [0.5, 0.6) is 11.6 Å². The molecule has 1 saturated heterocycles. The van der Waals surface area contributed by atoms with E-state index < -0.39 is 23.7 Å². The Morgan fingerprint density at radius 2 is 1.74 bits per heavy atom. The standard InChI is InChI=1S/C30H28F3N5O5/c1-18-17-37(29(41)42)12-13-38(18)28(40)25-15-20-14-23(9-10-24(20)36(25)3)43-26-11-8-22(16-34-26)35(2)27(39)19-4-6-21(7-5-19)30(31,32)33/h4-11,14-16,18H,12-13,17H2,1-3H3,(H,41,42)/t18-/m0/s1. The Bertz CT molecular complexity index is 1690. The normalized spacial score (nSPS) is 15.4. The molecule has 10 nitrogen and oxygen atoms in total. The molecule has 1 aliphatic rings. The van der Waals surface area contributed by atoms with E-state index in [0.29, 0.717) is 23.7 Å². The largest absolute Gasteiger partial charge is 0.465 e. The van der Waals surface area contributed by atoms with E-state index in [2.05, 4.69) is 4.98 Å². The third-order valence-electron chi connectivity index (χ3n) is 7.49. The van der Waals surface area contributed by atoms with Crippen LogP contribution < -0.4 is 9.64 Å². The quantitative estimate of drug-likeness (QED) is 0.327. The molecule has 1 atom stereocenters. The average molecular weight is 596 g/mol. The van der Waals surface area contributed by atoms with Gasteiger partial charge in [-0.25, -0.2) is 9.78 Å². The predicted molar refractivity (Wildman–Crippen MR) is 152 cm³/mol. The van der Waals surface area contributed by atoms with Crippen molar-refractivity contribution >= 4 is 34.5 Å². The molecule has 3 amide bonds. The molecular formula is C30H28F3N5O5. The maximum atomic E-state index is 13.4. The average Bonchev–Trinajstić information content (AvgIpc) is 3.31. The zero-order valence-corrected chi connectivity index (χ0v) is 23.5. The number of anilines is 1. The van der Waals surface area contributed by atoms with E-state index in [1.807, 2.05) is 13.0 Å². The van der Waals surface area contributed by atoms with Crippen molar-refractivity contribution in [1.29, 1.82) is 0 Å². The number of carbonyl (C=O) groups excluding carboxylic acids is 2. The minimum absolute atomic E-state index is 0.0989. The van der Waals surface area contributed by atoms with Crippen LogP contribution in [-0.4, -0.2) is 75.1 Å². The zero-order valence-electron chi connectivity index (χ0n) is 23.5. The van der Waals surface area contributed by atoms with E-state index in [-0.39, 0.29) is 36.5 Å². The highest BCUT2D eigenvalue weighted by Crippen LogP contribution is 2.30. The zero-order chi connectivity index (χ0) is 31.1. The van der Waals surface area contributed by atoms with E-state index in [4.69, 9.17) is 4.74 Å². The second-order valence-corrected chi connectivity index (χ2v) is 10.3. The van der Waals surface area contributed by atoms with Gasteiger partial charge in [0.05, 0.1) is 17.4 Å². The molecule has 1 fully saturated rings. The van der Waals surface area contributed by atoms with Gasteiger partial charge in [0, 0.05) is 62.3 Å². The fraction of sp³-hybridized carbons (Fsp3) is 0.267. The number of alkyl halides is 3. The van der Waals surface area contributed by atoms with Gasteiger partial charge in [0.2, 0.25) is 5.88 Å². The number of carboxylic acid groups (broad SMARTS) is 1. The molecule has 2 aromatic carbocycles. The SMILES string of the molecule is C[C@H]1CN(C(=O)O)CCN1C(=O)c1cc2cc(Oc3ccc(N(C)C(=O)c4ccc(C(F)(F)F)cc4)cn3)ccc2n1C. The number of hydrogen-bond acceptors (Lipinski definition) is 5. The molecule has 0 saturated carbocycles. The van der Waals surface area contributed by atoms with Crippen molar-refractivity contribution in [3.05, 3.63) is 83.7 Å². The van der Waals surface area contributed by atoms with E-state index in [1.165, 1.54) is 23.0 Å². The lowest BCUT2D eigenvalue weighted by molar-refractivity contribution is -0.137. The molecule has 1 N–H and O–H groups in total. The van der Waals surface area contributed by atoms with Crippen molar-refractivity contribution in [3.8, 4) is 11.6 Å². The van der Waals surface area contributed by atoms with E-state index in [1.54, 1.807) is 46.8 Å². The Labute approximate surface area is 244 Å². The van der Waals surface area contributed by atoms with Gasteiger partial charge >= 0.3 is 12.3 Å². The lowest BCUT2D eigenvalue weighted by Gasteiger charge is -2.38. The Morgan fingerprint density at radius 1 is 1.02 bits per heavy atom. The molecule has 0 spiro atoms. The van der Waals surface area contributed by atoms with Crippen molar-refractivity contribution in [3.63, 3.8) is 0 Å². The number of nitrogens with zero attached hydrogens (tertiary/aromatic N) is 5. The molecule has 4 aromatic rings. The summed E-state index contributed by atoms with van der Waals surface area (Å²) in [5, 5.41) is 10.0. The number of pyridine rings is 1. The molecule has 1 aliphatic heterocycles. The number of benzene rings is 2. The summed E-state index contributed by atoms with van der Waals surface area (Å²) in [5.41, 5.74) is 0.946. The summed E-state index contributed by atoms with van der Waals surface area (Å²) in [5.74, 6) is 0.0268. The highest BCUT2D eigenvalue weighted by molar-refractivity contribution is 6.05. The topological polar surface area (TPSA) is 108 Å². The van der Waals surface area contributed by atoms with Crippen LogP contribution in [-0.2, 0) is 13.2 Å². The van der Waals surface area contributed by atoms with E-state index in [9.17, 15) is 32.7 Å². The lowest BCUT2D eigenvalue weighted by atomic mass is 10.1. The van der Waals surface area contributed by atoms with Crippen LogP contribution in [0.2, 0.25) is 0 Å². The van der Waals surface area contributed by atoms with Gasteiger partial charge < -0.3 is 29.1 Å². The molecule has 224 valence electrons. The molecule has 0 radical (unpaired) electrons. The first kappa shape index (κ1) is 29.4. The second-order valence-electron chi connectivity index (χ2n) is 10.3. The summed E-state index contributed by atoms with van der Waals surface area (Å²) in [6.07, 6.45) is -4.07. The van der Waals surface area contributed by atoms with Crippen LogP contribution in [0.3, 0.4) is 0 Å². The van der Waals surface area contributed by atoms with Gasteiger partial charge in [-0.3, -0.25) is 9.59 Å². The number of amides is 3. The lowest BCUT2D eigenvalue weighted by Crippen LogP contribution is -2.55. The number of hydrogen-bond donors (Lipinski definition) is 1. The number of halogens is 3. The number of aromatic nitrogens is 2.